The smallest absolute Gasteiger partial charge is 0.165 e. The van der Waals surface area contributed by atoms with Crippen LogP contribution in [-0.4, -0.2) is 20.4 Å². The first-order valence-corrected chi connectivity index (χ1v) is 9.85. The van der Waals surface area contributed by atoms with Crippen LogP contribution in [-0.2, 0) is 15.6 Å². The highest BCUT2D eigenvalue weighted by Crippen LogP contribution is 2.48. The van der Waals surface area contributed by atoms with Gasteiger partial charge in [-0.05, 0) is 45.2 Å². The van der Waals surface area contributed by atoms with E-state index in [2.05, 4.69) is 45.8 Å². The molecule has 0 spiro atoms. The summed E-state index contributed by atoms with van der Waals surface area (Å²) in [5.74, 6) is 1.21. The Morgan fingerprint density at radius 3 is 2.44 bits per heavy atom. The molecule has 0 N–H and O–H groups in total. The minimum Gasteiger partial charge on any atom is -0.299 e. The van der Waals surface area contributed by atoms with E-state index in [1.165, 1.54) is 17.5 Å². The molecule has 4 rings (SSSR count). The maximum Gasteiger partial charge on any atom is 0.165 e. The van der Waals surface area contributed by atoms with Gasteiger partial charge in [-0.2, -0.15) is 0 Å². The standard InChI is InChI=1S/C23H27N3O/c1-5-19(27)22(3,4)18-8-6-15-26-20(18)24-25-21(26)23(13-7-14-23)17-11-9-16(2)10-12-17/h6,8-12,15H,5,7,13-14H2,1-4H3. The molecule has 2 aromatic heterocycles. The molecule has 0 atom stereocenters. The Morgan fingerprint density at radius 2 is 1.85 bits per heavy atom. The summed E-state index contributed by atoms with van der Waals surface area (Å²) in [6, 6.07) is 12.8. The molecule has 0 amide bonds. The summed E-state index contributed by atoms with van der Waals surface area (Å²) in [4.78, 5) is 12.5. The molecule has 3 aromatic rings. The van der Waals surface area contributed by atoms with Crippen LogP contribution in [0.3, 0.4) is 0 Å². The second kappa shape index (κ2) is 6.29. The van der Waals surface area contributed by atoms with Gasteiger partial charge in [0.1, 0.15) is 11.6 Å². The molecule has 27 heavy (non-hydrogen) atoms. The molecule has 0 aliphatic heterocycles. The molecule has 4 heteroatoms. The topological polar surface area (TPSA) is 47.3 Å². The van der Waals surface area contributed by atoms with Gasteiger partial charge in [-0.3, -0.25) is 9.20 Å². The van der Waals surface area contributed by atoms with E-state index in [0.29, 0.717) is 6.42 Å². The Bertz CT molecular complexity index is 994. The number of rotatable bonds is 5. The predicted octanol–water partition coefficient (Wildman–Crippen LogP) is 4.76. The van der Waals surface area contributed by atoms with E-state index in [0.717, 1.165) is 29.9 Å². The van der Waals surface area contributed by atoms with Crippen LogP contribution in [0, 0.1) is 6.92 Å². The highest BCUT2D eigenvalue weighted by Gasteiger charge is 2.44. The third-order valence-corrected chi connectivity index (χ3v) is 6.37. The van der Waals surface area contributed by atoms with E-state index >= 15 is 0 Å². The fraction of sp³-hybridized carbons (Fsp3) is 0.435. The molecule has 1 aliphatic rings. The maximum atomic E-state index is 12.5. The summed E-state index contributed by atoms with van der Waals surface area (Å²) < 4.78 is 2.11. The fourth-order valence-corrected chi connectivity index (χ4v) is 4.37. The number of fused-ring (bicyclic) bond motifs is 1. The van der Waals surface area contributed by atoms with Gasteiger partial charge in [-0.25, -0.2) is 0 Å². The van der Waals surface area contributed by atoms with Crippen molar-refractivity contribution in [2.45, 2.75) is 64.2 Å². The summed E-state index contributed by atoms with van der Waals surface area (Å²) in [6.07, 6.45) is 5.91. The number of aryl methyl sites for hydroxylation is 1. The lowest BCUT2D eigenvalue weighted by molar-refractivity contribution is -0.123. The average molecular weight is 361 g/mol. The lowest BCUT2D eigenvalue weighted by atomic mass is 9.63. The lowest BCUT2D eigenvalue weighted by Gasteiger charge is -2.41. The Hall–Kier alpha value is -2.49. The van der Waals surface area contributed by atoms with Crippen molar-refractivity contribution < 1.29 is 4.79 Å². The molecule has 0 radical (unpaired) electrons. The van der Waals surface area contributed by atoms with E-state index in [4.69, 9.17) is 0 Å². The quantitative estimate of drug-likeness (QED) is 0.658. The van der Waals surface area contributed by atoms with Gasteiger partial charge in [0.15, 0.2) is 5.65 Å². The molecule has 1 fully saturated rings. The van der Waals surface area contributed by atoms with Crippen molar-refractivity contribution in [3.63, 3.8) is 0 Å². The van der Waals surface area contributed by atoms with Crippen LogP contribution in [0.1, 0.15) is 69.0 Å². The van der Waals surface area contributed by atoms with Crippen molar-refractivity contribution in [3.8, 4) is 0 Å². The molecule has 0 unspecified atom stereocenters. The minimum atomic E-state index is -0.571. The number of hydrogen-bond acceptors (Lipinski definition) is 3. The molecule has 4 nitrogen and oxygen atoms in total. The molecule has 1 aliphatic carbocycles. The number of pyridine rings is 1. The summed E-state index contributed by atoms with van der Waals surface area (Å²) in [5, 5.41) is 9.20. The normalized spacial score (nSPS) is 16.3. The Kier molecular flexibility index (Phi) is 4.17. The molecule has 0 bridgehead atoms. The zero-order valence-corrected chi connectivity index (χ0v) is 16.6. The number of hydrogen-bond donors (Lipinski definition) is 0. The zero-order chi connectivity index (χ0) is 19.2. The van der Waals surface area contributed by atoms with E-state index in [1.807, 2.05) is 39.1 Å². The third-order valence-electron chi connectivity index (χ3n) is 6.37. The van der Waals surface area contributed by atoms with Gasteiger partial charge in [0.25, 0.3) is 0 Å². The first-order valence-electron chi connectivity index (χ1n) is 9.85. The number of aromatic nitrogens is 3. The number of carbonyl (C=O) groups excluding carboxylic acids is 1. The second-order valence-electron chi connectivity index (χ2n) is 8.34. The predicted molar refractivity (Wildman–Crippen MR) is 107 cm³/mol. The molecule has 140 valence electrons. The number of Topliss-reactive ketones (excluding diaryl/α,β-unsaturated/α-hetero) is 1. The third kappa shape index (κ3) is 2.61. The van der Waals surface area contributed by atoms with Gasteiger partial charge in [-0.15, -0.1) is 10.2 Å². The Morgan fingerprint density at radius 1 is 1.15 bits per heavy atom. The molecule has 2 heterocycles. The van der Waals surface area contributed by atoms with E-state index < -0.39 is 5.41 Å². The van der Waals surface area contributed by atoms with Gasteiger partial charge in [0.05, 0.1) is 10.8 Å². The minimum absolute atomic E-state index is 0.0787. The largest absolute Gasteiger partial charge is 0.299 e. The van der Waals surface area contributed by atoms with Gasteiger partial charge < -0.3 is 0 Å². The van der Waals surface area contributed by atoms with Gasteiger partial charge in [0, 0.05) is 18.2 Å². The number of carbonyl (C=O) groups is 1. The number of ketones is 1. The van der Waals surface area contributed by atoms with Gasteiger partial charge in [0.2, 0.25) is 0 Å². The SMILES string of the molecule is CCC(=O)C(C)(C)c1cccn2c(C3(c4ccc(C)cc4)CCC3)nnc12. The zero-order valence-electron chi connectivity index (χ0n) is 16.6. The average Bonchev–Trinajstić information content (AvgIpc) is 3.06. The van der Waals surface area contributed by atoms with E-state index in [9.17, 15) is 4.79 Å². The van der Waals surface area contributed by atoms with Crippen molar-refractivity contribution >= 4 is 11.4 Å². The first kappa shape index (κ1) is 17.9. The highest BCUT2D eigenvalue weighted by molar-refractivity contribution is 5.90. The van der Waals surface area contributed by atoms with Crippen molar-refractivity contribution in [1.29, 1.82) is 0 Å². The molecule has 1 aromatic carbocycles. The van der Waals surface area contributed by atoms with Crippen LogP contribution < -0.4 is 0 Å². The van der Waals surface area contributed by atoms with Crippen LogP contribution in [0.4, 0.5) is 0 Å². The lowest BCUT2D eigenvalue weighted by Crippen LogP contribution is -2.37. The molecule has 1 saturated carbocycles. The Labute approximate surface area is 160 Å². The van der Waals surface area contributed by atoms with Crippen molar-refractivity contribution in [3.05, 3.63) is 65.1 Å². The summed E-state index contributed by atoms with van der Waals surface area (Å²) in [5.41, 5.74) is 3.68. The van der Waals surface area contributed by atoms with Gasteiger partial charge in [-0.1, -0.05) is 49.2 Å². The van der Waals surface area contributed by atoms with Crippen molar-refractivity contribution in [2.24, 2.45) is 0 Å². The van der Waals surface area contributed by atoms with Crippen LogP contribution in [0.25, 0.3) is 5.65 Å². The molecular formula is C23H27N3O. The fourth-order valence-electron chi connectivity index (χ4n) is 4.37. The summed E-state index contributed by atoms with van der Waals surface area (Å²) >= 11 is 0. The monoisotopic (exact) mass is 361 g/mol. The van der Waals surface area contributed by atoms with Crippen LogP contribution in [0.5, 0.6) is 0 Å². The van der Waals surface area contributed by atoms with Crippen molar-refractivity contribution in [2.75, 3.05) is 0 Å². The maximum absolute atomic E-state index is 12.5. The highest BCUT2D eigenvalue weighted by atomic mass is 16.1. The van der Waals surface area contributed by atoms with Gasteiger partial charge >= 0.3 is 0 Å². The van der Waals surface area contributed by atoms with Crippen LogP contribution in [0.15, 0.2) is 42.6 Å². The van der Waals surface area contributed by atoms with E-state index in [-0.39, 0.29) is 11.2 Å². The molecular weight excluding hydrogens is 334 g/mol. The molecule has 0 saturated heterocycles. The second-order valence-corrected chi connectivity index (χ2v) is 8.34. The number of benzene rings is 1. The summed E-state index contributed by atoms with van der Waals surface area (Å²) in [7, 11) is 0. The summed E-state index contributed by atoms with van der Waals surface area (Å²) in [6.45, 7) is 8.01. The van der Waals surface area contributed by atoms with Crippen LogP contribution in [0.2, 0.25) is 0 Å². The Balaban J connectivity index is 1.88. The number of nitrogens with zero attached hydrogens (tertiary/aromatic N) is 3. The van der Waals surface area contributed by atoms with Crippen molar-refractivity contribution in [1.82, 2.24) is 14.6 Å². The first-order chi connectivity index (χ1) is 12.9. The van der Waals surface area contributed by atoms with Crippen LogP contribution >= 0.6 is 0 Å². The van der Waals surface area contributed by atoms with E-state index in [1.54, 1.807) is 0 Å².